The Morgan fingerprint density at radius 2 is 1.93 bits per heavy atom. The van der Waals surface area contributed by atoms with E-state index in [0.717, 1.165) is 18.8 Å². The Balaban J connectivity index is 3.11. The smallest absolute Gasteiger partial charge is 0.293 e. The molecule has 0 aliphatic heterocycles. The van der Waals surface area contributed by atoms with Crippen LogP contribution in [-0.4, -0.2) is 6.61 Å². The molecule has 0 spiro atoms. The molecule has 14 heavy (non-hydrogen) atoms. The zero-order valence-corrected chi connectivity index (χ0v) is 9.93. The molecule has 5 nitrogen and oxygen atoms in total. The summed E-state index contributed by atoms with van der Waals surface area (Å²) in [5.41, 5.74) is 10.0. The third-order valence-corrected chi connectivity index (χ3v) is 2.15. The first-order valence-corrected chi connectivity index (χ1v) is 6.82. The molecule has 0 aromatic heterocycles. The molecule has 86 valence electrons. The van der Waals surface area contributed by atoms with Crippen LogP contribution in [0.25, 0.3) is 0 Å². The SMILES string of the molecule is CC(C)CCCCCONP(N)(N)=O. The third kappa shape index (κ3) is 12.1. The summed E-state index contributed by atoms with van der Waals surface area (Å²) in [6.07, 6.45) is 4.47. The highest BCUT2D eigenvalue weighted by molar-refractivity contribution is 7.56. The van der Waals surface area contributed by atoms with E-state index in [-0.39, 0.29) is 0 Å². The molecule has 6 heteroatoms. The molecule has 0 atom stereocenters. The van der Waals surface area contributed by atoms with Gasteiger partial charge < -0.3 is 0 Å². The number of hydrogen-bond donors (Lipinski definition) is 3. The lowest BCUT2D eigenvalue weighted by Gasteiger charge is -2.08. The molecule has 0 saturated carbocycles. The van der Waals surface area contributed by atoms with E-state index in [4.69, 9.17) is 15.8 Å². The molecule has 0 amide bonds. The normalized spacial score (nSPS) is 12.4. The molecule has 5 N–H and O–H groups in total. The van der Waals surface area contributed by atoms with Crippen molar-refractivity contribution in [1.29, 1.82) is 0 Å². The molecule has 0 rings (SSSR count). The number of nitrogens with two attached hydrogens (primary N) is 2. The predicted octanol–water partition coefficient (Wildman–Crippen LogP) is 1.75. The minimum Gasteiger partial charge on any atom is -0.293 e. The fraction of sp³-hybridized carbons (Fsp3) is 1.00. The van der Waals surface area contributed by atoms with Gasteiger partial charge in [-0.25, -0.2) is 0 Å². The minimum absolute atomic E-state index is 0.497. The molecule has 0 bridgehead atoms. The first-order valence-electron chi connectivity index (χ1n) is 4.98. The molecule has 0 heterocycles. The maximum Gasteiger partial charge on any atom is 0.296 e. The van der Waals surface area contributed by atoms with Gasteiger partial charge in [-0.05, 0) is 12.3 Å². The van der Waals surface area contributed by atoms with E-state index < -0.39 is 7.59 Å². The van der Waals surface area contributed by atoms with Crippen LogP contribution in [0.5, 0.6) is 0 Å². The maximum atomic E-state index is 10.7. The zero-order chi connectivity index (χ0) is 11.0. The van der Waals surface area contributed by atoms with Gasteiger partial charge in [0.15, 0.2) is 0 Å². The van der Waals surface area contributed by atoms with Crippen LogP contribution >= 0.6 is 7.59 Å². The predicted molar refractivity (Wildman–Crippen MR) is 58.4 cm³/mol. The van der Waals surface area contributed by atoms with Crippen LogP contribution in [0.4, 0.5) is 0 Å². The number of unbranched alkanes of at least 4 members (excludes halogenated alkanes) is 2. The number of hydrogen-bond acceptors (Lipinski definition) is 2. The van der Waals surface area contributed by atoms with E-state index in [1.54, 1.807) is 0 Å². The Hall–Kier alpha value is 0.0700. The first kappa shape index (κ1) is 14.1. The molecular formula is C8H22N3O2P. The zero-order valence-electron chi connectivity index (χ0n) is 9.03. The molecule has 0 saturated heterocycles. The highest BCUT2D eigenvalue weighted by atomic mass is 31.2. The average Bonchev–Trinajstić information content (AvgIpc) is 2.00. The minimum atomic E-state index is -3.21. The molecular weight excluding hydrogens is 201 g/mol. The van der Waals surface area contributed by atoms with Crippen LogP contribution in [0, 0.1) is 5.92 Å². The summed E-state index contributed by atoms with van der Waals surface area (Å²) in [4.78, 5) is 4.84. The Morgan fingerprint density at radius 1 is 1.29 bits per heavy atom. The molecule has 0 unspecified atom stereocenters. The van der Waals surface area contributed by atoms with Crippen molar-refractivity contribution in [2.75, 3.05) is 6.61 Å². The van der Waals surface area contributed by atoms with E-state index in [0.29, 0.717) is 6.61 Å². The van der Waals surface area contributed by atoms with E-state index in [2.05, 4.69) is 19.1 Å². The molecule has 0 aliphatic carbocycles. The summed E-state index contributed by atoms with van der Waals surface area (Å²) in [5, 5.41) is 2.13. The third-order valence-electron chi connectivity index (χ3n) is 1.74. The topological polar surface area (TPSA) is 90.4 Å². The van der Waals surface area contributed by atoms with Gasteiger partial charge in [0, 0.05) is 0 Å². The van der Waals surface area contributed by atoms with Crippen molar-refractivity contribution in [3.63, 3.8) is 0 Å². The van der Waals surface area contributed by atoms with Gasteiger partial charge in [-0.1, -0.05) is 33.1 Å². The van der Waals surface area contributed by atoms with Crippen molar-refractivity contribution >= 4 is 7.59 Å². The molecule has 0 fully saturated rings. The van der Waals surface area contributed by atoms with Crippen molar-refractivity contribution in [3.8, 4) is 0 Å². The lowest BCUT2D eigenvalue weighted by atomic mass is 10.1. The second kappa shape index (κ2) is 7.37. The number of nitrogens with one attached hydrogen (secondary N) is 1. The fourth-order valence-electron chi connectivity index (χ4n) is 1.05. The Kier molecular flexibility index (Phi) is 7.41. The van der Waals surface area contributed by atoms with Crippen molar-refractivity contribution in [2.45, 2.75) is 39.5 Å². The summed E-state index contributed by atoms with van der Waals surface area (Å²) in [5.74, 6) is 0.752. The molecule has 0 aromatic rings. The van der Waals surface area contributed by atoms with Gasteiger partial charge in [-0.15, -0.1) is 5.25 Å². The Morgan fingerprint density at radius 3 is 2.43 bits per heavy atom. The van der Waals surface area contributed by atoms with Gasteiger partial charge in [0.25, 0.3) is 7.59 Å². The Labute approximate surface area is 86.0 Å². The second-order valence-corrected chi connectivity index (χ2v) is 5.49. The van der Waals surface area contributed by atoms with E-state index in [1.165, 1.54) is 12.8 Å². The summed E-state index contributed by atoms with van der Waals surface area (Å²) in [6.45, 7) is 4.91. The highest BCUT2D eigenvalue weighted by Gasteiger charge is 2.05. The van der Waals surface area contributed by atoms with Crippen molar-refractivity contribution in [2.24, 2.45) is 16.9 Å². The van der Waals surface area contributed by atoms with Gasteiger partial charge in [-0.3, -0.25) is 20.4 Å². The summed E-state index contributed by atoms with van der Waals surface area (Å²) in [7, 11) is -3.21. The van der Waals surface area contributed by atoms with Gasteiger partial charge in [0.05, 0.1) is 6.61 Å². The summed E-state index contributed by atoms with van der Waals surface area (Å²) in [6, 6.07) is 0. The largest absolute Gasteiger partial charge is 0.296 e. The molecule has 0 aromatic carbocycles. The lowest BCUT2D eigenvalue weighted by Crippen LogP contribution is -2.22. The van der Waals surface area contributed by atoms with Crippen LogP contribution in [0.3, 0.4) is 0 Å². The van der Waals surface area contributed by atoms with Crippen molar-refractivity contribution < 1.29 is 9.40 Å². The van der Waals surface area contributed by atoms with Crippen LogP contribution < -0.4 is 16.3 Å². The standard InChI is InChI=1S/C8H22N3O2P/c1-8(2)6-4-3-5-7-13-11-14(9,10)12/h8H,3-7H2,1-2H3,(H5,9,10,11,12). The highest BCUT2D eigenvalue weighted by Crippen LogP contribution is 2.16. The van der Waals surface area contributed by atoms with Crippen LogP contribution in [0.1, 0.15) is 39.5 Å². The van der Waals surface area contributed by atoms with Crippen LogP contribution in [0.15, 0.2) is 0 Å². The van der Waals surface area contributed by atoms with Gasteiger partial charge in [0.2, 0.25) is 0 Å². The maximum absolute atomic E-state index is 10.7. The van der Waals surface area contributed by atoms with E-state index in [9.17, 15) is 4.57 Å². The lowest BCUT2D eigenvalue weighted by molar-refractivity contribution is 0.0877. The first-order chi connectivity index (χ1) is 6.42. The summed E-state index contributed by atoms with van der Waals surface area (Å²) < 4.78 is 10.7. The quantitative estimate of drug-likeness (QED) is 0.331. The average molecular weight is 223 g/mol. The summed E-state index contributed by atoms with van der Waals surface area (Å²) >= 11 is 0. The molecule has 0 radical (unpaired) electrons. The number of rotatable bonds is 8. The van der Waals surface area contributed by atoms with Crippen molar-refractivity contribution in [1.82, 2.24) is 5.25 Å². The van der Waals surface area contributed by atoms with Gasteiger partial charge in [0.1, 0.15) is 0 Å². The van der Waals surface area contributed by atoms with E-state index >= 15 is 0 Å². The monoisotopic (exact) mass is 223 g/mol. The van der Waals surface area contributed by atoms with Crippen LogP contribution in [-0.2, 0) is 9.40 Å². The Bertz CT molecular complexity index is 181. The fourth-order valence-corrected chi connectivity index (χ4v) is 1.34. The van der Waals surface area contributed by atoms with Gasteiger partial charge in [-0.2, -0.15) is 0 Å². The van der Waals surface area contributed by atoms with Crippen molar-refractivity contribution in [3.05, 3.63) is 0 Å². The second-order valence-electron chi connectivity index (χ2n) is 3.89. The van der Waals surface area contributed by atoms with Crippen LogP contribution in [0.2, 0.25) is 0 Å². The van der Waals surface area contributed by atoms with Gasteiger partial charge >= 0.3 is 0 Å². The van der Waals surface area contributed by atoms with E-state index in [1.807, 2.05) is 0 Å². The molecule has 0 aliphatic rings.